The summed E-state index contributed by atoms with van der Waals surface area (Å²) in [6.45, 7) is 1.39. The van der Waals surface area contributed by atoms with Crippen LogP contribution < -0.4 is 0 Å². The van der Waals surface area contributed by atoms with Crippen LogP contribution in [0.1, 0.15) is 39.2 Å². The largest absolute Gasteiger partial charge is 0.334 e. The molecule has 0 saturated carbocycles. The molecule has 22 heavy (non-hydrogen) atoms. The number of carbonyl (C=O) groups excluding carboxylic acids is 1. The zero-order valence-corrected chi connectivity index (χ0v) is 13.1. The van der Waals surface area contributed by atoms with E-state index in [2.05, 4.69) is 23.2 Å². The second-order valence-corrected chi connectivity index (χ2v) is 6.39. The van der Waals surface area contributed by atoms with Gasteiger partial charge >= 0.3 is 0 Å². The van der Waals surface area contributed by atoms with Crippen LogP contribution in [0, 0.1) is 0 Å². The second-order valence-electron chi connectivity index (χ2n) is 6.03. The van der Waals surface area contributed by atoms with Crippen LogP contribution in [0.25, 0.3) is 0 Å². The molecule has 4 heteroatoms. The third kappa shape index (κ3) is 2.30. The van der Waals surface area contributed by atoms with E-state index in [9.17, 15) is 4.79 Å². The number of hydrogen-bond acceptors (Lipinski definition) is 2. The number of fused-ring (bicyclic) bond motifs is 2. The average Bonchev–Trinajstić information content (AvgIpc) is 3.00. The van der Waals surface area contributed by atoms with E-state index < -0.39 is 0 Å². The monoisotopic (exact) mass is 312 g/mol. The Morgan fingerprint density at radius 1 is 1.09 bits per heavy atom. The van der Waals surface area contributed by atoms with Gasteiger partial charge in [-0.05, 0) is 48.4 Å². The number of carbonyl (C=O) groups is 1. The van der Waals surface area contributed by atoms with Crippen LogP contribution in [0.3, 0.4) is 0 Å². The molecule has 2 aromatic rings. The van der Waals surface area contributed by atoms with Crippen molar-refractivity contribution in [3.05, 3.63) is 63.4 Å². The van der Waals surface area contributed by atoms with Crippen molar-refractivity contribution in [3.63, 3.8) is 0 Å². The second kappa shape index (κ2) is 5.40. The standard InChI is InChI=1S/C18H17ClN2O/c19-17-15(10-13-6-3-7-16(13)20-17)18(22)21-9-8-12-4-1-2-5-14(12)11-21/h1-2,4-5,10H,3,6-9,11H2. The molecule has 4 rings (SSSR count). The van der Waals surface area contributed by atoms with Crippen molar-refractivity contribution < 1.29 is 4.79 Å². The third-order valence-corrected chi connectivity index (χ3v) is 4.94. The minimum atomic E-state index is 0.00158. The molecule has 0 radical (unpaired) electrons. The minimum Gasteiger partial charge on any atom is -0.334 e. The molecule has 0 bridgehead atoms. The predicted molar refractivity (Wildman–Crippen MR) is 86.2 cm³/mol. The molecule has 1 aliphatic carbocycles. The fourth-order valence-electron chi connectivity index (χ4n) is 3.44. The van der Waals surface area contributed by atoms with Crippen molar-refractivity contribution in [2.24, 2.45) is 0 Å². The lowest BCUT2D eigenvalue weighted by molar-refractivity contribution is 0.0734. The normalized spacial score (nSPS) is 16.3. The summed E-state index contributed by atoms with van der Waals surface area (Å²) in [5.41, 5.74) is 5.37. The van der Waals surface area contributed by atoms with E-state index in [1.807, 2.05) is 17.0 Å². The lowest BCUT2D eigenvalue weighted by atomic mass is 9.99. The maximum atomic E-state index is 12.8. The van der Waals surface area contributed by atoms with Crippen LogP contribution in [0.4, 0.5) is 0 Å². The number of hydrogen-bond donors (Lipinski definition) is 0. The average molecular weight is 313 g/mol. The molecule has 0 saturated heterocycles. The number of amides is 1. The summed E-state index contributed by atoms with van der Waals surface area (Å²) >= 11 is 6.26. The number of aromatic nitrogens is 1. The lowest BCUT2D eigenvalue weighted by Crippen LogP contribution is -2.36. The fourth-order valence-corrected chi connectivity index (χ4v) is 3.67. The van der Waals surface area contributed by atoms with Gasteiger partial charge in [0, 0.05) is 18.8 Å². The molecule has 2 aliphatic rings. The number of halogens is 1. The van der Waals surface area contributed by atoms with Crippen LogP contribution in [0.2, 0.25) is 5.15 Å². The molecule has 2 heterocycles. The lowest BCUT2D eigenvalue weighted by Gasteiger charge is -2.29. The highest BCUT2D eigenvalue weighted by Crippen LogP contribution is 2.27. The highest BCUT2D eigenvalue weighted by atomic mass is 35.5. The molecular formula is C18H17ClN2O. The Morgan fingerprint density at radius 3 is 2.77 bits per heavy atom. The van der Waals surface area contributed by atoms with Crippen molar-refractivity contribution in [1.29, 1.82) is 0 Å². The Hall–Kier alpha value is -1.87. The van der Waals surface area contributed by atoms with Crippen molar-refractivity contribution in [2.75, 3.05) is 6.54 Å². The van der Waals surface area contributed by atoms with Gasteiger partial charge in [-0.25, -0.2) is 4.98 Å². The molecule has 0 atom stereocenters. The van der Waals surface area contributed by atoms with Crippen molar-refractivity contribution >= 4 is 17.5 Å². The van der Waals surface area contributed by atoms with Gasteiger partial charge in [-0.3, -0.25) is 4.79 Å². The van der Waals surface area contributed by atoms with Crippen LogP contribution in [-0.2, 0) is 25.8 Å². The molecule has 3 nitrogen and oxygen atoms in total. The molecule has 1 aromatic heterocycles. The van der Waals surface area contributed by atoms with Crippen molar-refractivity contribution in [2.45, 2.75) is 32.2 Å². The van der Waals surface area contributed by atoms with E-state index in [1.165, 1.54) is 16.7 Å². The summed E-state index contributed by atoms with van der Waals surface area (Å²) in [5.74, 6) is 0.00158. The smallest absolute Gasteiger partial charge is 0.257 e. The van der Waals surface area contributed by atoms with Gasteiger partial charge in [-0.15, -0.1) is 0 Å². The molecule has 0 unspecified atom stereocenters. The molecule has 0 fully saturated rings. The molecular weight excluding hydrogens is 296 g/mol. The van der Waals surface area contributed by atoms with Gasteiger partial charge in [0.2, 0.25) is 0 Å². The van der Waals surface area contributed by atoms with Crippen LogP contribution in [0.15, 0.2) is 30.3 Å². The predicted octanol–water partition coefficient (Wildman–Crippen LogP) is 3.42. The molecule has 1 amide bonds. The first kappa shape index (κ1) is 13.8. The number of benzene rings is 1. The SMILES string of the molecule is O=C(c1cc2c(nc1Cl)CCC2)N1CCc2ccccc2C1. The highest BCUT2D eigenvalue weighted by Gasteiger charge is 2.25. The Labute approximate surface area is 134 Å². The number of rotatable bonds is 1. The quantitative estimate of drug-likeness (QED) is 0.756. The Bertz CT molecular complexity index is 757. The Morgan fingerprint density at radius 2 is 1.91 bits per heavy atom. The number of aryl methyl sites for hydroxylation is 2. The van der Waals surface area contributed by atoms with Crippen molar-refractivity contribution in [3.8, 4) is 0 Å². The molecule has 112 valence electrons. The van der Waals surface area contributed by atoms with Gasteiger partial charge in [0.05, 0.1) is 5.56 Å². The first-order chi connectivity index (χ1) is 10.7. The highest BCUT2D eigenvalue weighted by molar-refractivity contribution is 6.32. The summed E-state index contributed by atoms with van der Waals surface area (Å²) in [5, 5.41) is 0.351. The molecule has 1 aromatic carbocycles. The Balaban J connectivity index is 1.63. The van der Waals surface area contributed by atoms with Gasteiger partial charge in [0.25, 0.3) is 5.91 Å². The van der Waals surface area contributed by atoms with Gasteiger partial charge in [0.1, 0.15) is 5.15 Å². The van der Waals surface area contributed by atoms with Gasteiger partial charge < -0.3 is 4.90 Å². The van der Waals surface area contributed by atoms with Crippen LogP contribution >= 0.6 is 11.6 Å². The topological polar surface area (TPSA) is 33.2 Å². The number of pyridine rings is 1. The van der Waals surface area contributed by atoms with E-state index in [4.69, 9.17) is 11.6 Å². The summed E-state index contributed by atoms with van der Waals surface area (Å²) in [4.78, 5) is 19.1. The van der Waals surface area contributed by atoms with Gasteiger partial charge in [-0.1, -0.05) is 35.9 Å². The van der Waals surface area contributed by atoms with Gasteiger partial charge in [0.15, 0.2) is 0 Å². The maximum Gasteiger partial charge on any atom is 0.257 e. The third-order valence-electron chi connectivity index (χ3n) is 4.65. The maximum absolute atomic E-state index is 12.8. The van der Waals surface area contributed by atoms with E-state index >= 15 is 0 Å². The summed E-state index contributed by atoms with van der Waals surface area (Å²) in [7, 11) is 0. The zero-order chi connectivity index (χ0) is 15.1. The fraction of sp³-hybridized carbons (Fsp3) is 0.333. The first-order valence-corrected chi connectivity index (χ1v) is 8.14. The summed E-state index contributed by atoms with van der Waals surface area (Å²) in [6.07, 6.45) is 3.98. The Kier molecular flexibility index (Phi) is 3.38. The van der Waals surface area contributed by atoms with E-state index in [0.717, 1.165) is 37.9 Å². The van der Waals surface area contributed by atoms with E-state index in [-0.39, 0.29) is 5.91 Å². The first-order valence-electron chi connectivity index (χ1n) is 7.77. The van der Waals surface area contributed by atoms with E-state index in [0.29, 0.717) is 17.3 Å². The zero-order valence-electron chi connectivity index (χ0n) is 12.3. The summed E-state index contributed by atoms with van der Waals surface area (Å²) < 4.78 is 0. The van der Waals surface area contributed by atoms with Crippen LogP contribution in [0.5, 0.6) is 0 Å². The van der Waals surface area contributed by atoms with E-state index in [1.54, 1.807) is 0 Å². The molecule has 0 spiro atoms. The number of nitrogens with zero attached hydrogens (tertiary/aromatic N) is 2. The van der Waals surface area contributed by atoms with Gasteiger partial charge in [-0.2, -0.15) is 0 Å². The minimum absolute atomic E-state index is 0.00158. The summed E-state index contributed by atoms with van der Waals surface area (Å²) in [6, 6.07) is 10.3. The van der Waals surface area contributed by atoms with Crippen molar-refractivity contribution in [1.82, 2.24) is 9.88 Å². The molecule has 1 aliphatic heterocycles. The molecule has 0 N–H and O–H groups in total. The van der Waals surface area contributed by atoms with Crippen LogP contribution in [-0.4, -0.2) is 22.3 Å².